The molecule has 2 aromatic rings. The van der Waals surface area contributed by atoms with Gasteiger partial charge in [-0.2, -0.15) is 0 Å². The lowest BCUT2D eigenvalue weighted by molar-refractivity contribution is 0.0754. The Morgan fingerprint density at radius 3 is 2.81 bits per heavy atom. The third-order valence-electron chi connectivity index (χ3n) is 3.26. The molecular formula is C15H14BrNO3S. The lowest BCUT2D eigenvalue weighted by Crippen LogP contribution is -2.29. The molecule has 2 heterocycles. The normalized spacial score (nSPS) is 12.5. The number of nitrogens with zero attached hydrogens (tertiary/aromatic N) is 1. The molecule has 0 aliphatic carbocycles. The summed E-state index contributed by atoms with van der Waals surface area (Å²) in [6, 6.07) is 9.34. The first-order valence-corrected chi connectivity index (χ1v) is 8.21. The molecule has 1 amide bonds. The van der Waals surface area contributed by atoms with E-state index in [1.807, 2.05) is 24.0 Å². The van der Waals surface area contributed by atoms with Crippen molar-refractivity contribution in [2.45, 2.75) is 13.5 Å². The first kappa shape index (κ1) is 14.4. The molecule has 4 nitrogen and oxygen atoms in total. The third kappa shape index (κ3) is 3.06. The molecule has 1 aromatic heterocycles. The van der Waals surface area contributed by atoms with Gasteiger partial charge in [-0.3, -0.25) is 4.79 Å². The number of hydrogen-bond donors (Lipinski definition) is 0. The lowest BCUT2D eigenvalue weighted by Gasteiger charge is -2.20. The molecule has 0 N–H and O–H groups in total. The van der Waals surface area contributed by atoms with Crippen molar-refractivity contribution in [3.8, 4) is 11.5 Å². The van der Waals surface area contributed by atoms with Crippen LogP contribution in [-0.4, -0.2) is 24.1 Å². The molecule has 1 aliphatic rings. The van der Waals surface area contributed by atoms with E-state index in [2.05, 4.69) is 15.9 Å². The van der Waals surface area contributed by atoms with Crippen LogP contribution in [0.5, 0.6) is 11.5 Å². The Balaban J connectivity index is 1.78. The zero-order valence-corrected chi connectivity index (χ0v) is 13.9. The first-order chi connectivity index (χ1) is 10.2. The van der Waals surface area contributed by atoms with Gasteiger partial charge in [-0.25, -0.2) is 0 Å². The van der Waals surface area contributed by atoms with Crippen molar-refractivity contribution in [1.29, 1.82) is 0 Å². The third-order valence-corrected chi connectivity index (χ3v) is 4.87. The van der Waals surface area contributed by atoms with Gasteiger partial charge >= 0.3 is 0 Å². The number of ether oxygens (including phenoxy) is 2. The van der Waals surface area contributed by atoms with Gasteiger partial charge in [-0.05, 0) is 53.2 Å². The molecule has 0 spiro atoms. The highest BCUT2D eigenvalue weighted by atomic mass is 79.9. The topological polar surface area (TPSA) is 38.8 Å². The van der Waals surface area contributed by atoms with Crippen molar-refractivity contribution >= 4 is 33.2 Å². The smallest absolute Gasteiger partial charge is 0.254 e. The number of benzene rings is 1. The summed E-state index contributed by atoms with van der Waals surface area (Å²) in [6.07, 6.45) is 0. The fourth-order valence-electron chi connectivity index (χ4n) is 2.16. The van der Waals surface area contributed by atoms with Crippen LogP contribution in [0.1, 0.15) is 22.2 Å². The number of rotatable bonds is 4. The fraction of sp³-hybridized carbons (Fsp3) is 0.267. The van der Waals surface area contributed by atoms with Crippen LogP contribution in [0.25, 0.3) is 0 Å². The summed E-state index contributed by atoms with van der Waals surface area (Å²) in [5.41, 5.74) is 0.622. The SMILES string of the molecule is CCN(Cc1ccc(Br)s1)C(=O)c1ccc2c(c1)OCO2. The maximum Gasteiger partial charge on any atom is 0.254 e. The second-order valence-electron chi connectivity index (χ2n) is 4.59. The number of thiophene rings is 1. The van der Waals surface area contributed by atoms with Gasteiger partial charge in [0.25, 0.3) is 5.91 Å². The summed E-state index contributed by atoms with van der Waals surface area (Å²) in [4.78, 5) is 15.6. The van der Waals surface area contributed by atoms with Crippen molar-refractivity contribution in [2.24, 2.45) is 0 Å². The Morgan fingerprint density at radius 2 is 2.10 bits per heavy atom. The summed E-state index contributed by atoms with van der Waals surface area (Å²) in [6.45, 7) is 3.46. The second-order valence-corrected chi connectivity index (χ2v) is 7.14. The Labute approximate surface area is 135 Å². The minimum absolute atomic E-state index is 0.000299. The van der Waals surface area contributed by atoms with Crippen molar-refractivity contribution in [3.05, 3.63) is 44.6 Å². The van der Waals surface area contributed by atoms with Gasteiger partial charge in [0.1, 0.15) is 0 Å². The Hall–Kier alpha value is -1.53. The minimum atomic E-state index is 0.000299. The molecule has 1 aliphatic heterocycles. The van der Waals surface area contributed by atoms with Crippen LogP contribution in [0, 0.1) is 0 Å². The van der Waals surface area contributed by atoms with Gasteiger partial charge in [-0.1, -0.05) is 0 Å². The maximum atomic E-state index is 12.6. The largest absolute Gasteiger partial charge is 0.454 e. The standard InChI is InChI=1S/C15H14BrNO3S/c1-2-17(8-11-4-6-14(16)21-11)15(18)10-3-5-12-13(7-10)20-9-19-12/h3-7H,2,8-9H2,1H3. The molecule has 0 bridgehead atoms. The number of halogens is 1. The molecule has 0 fully saturated rings. The Kier molecular flexibility index (Phi) is 4.17. The van der Waals surface area contributed by atoms with E-state index in [0.717, 1.165) is 8.66 Å². The van der Waals surface area contributed by atoms with Crippen LogP contribution in [0.15, 0.2) is 34.1 Å². The zero-order chi connectivity index (χ0) is 14.8. The van der Waals surface area contributed by atoms with Crippen LogP contribution in [0.3, 0.4) is 0 Å². The van der Waals surface area contributed by atoms with Crippen LogP contribution in [0.2, 0.25) is 0 Å². The number of amides is 1. The Bertz CT molecular complexity index is 671. The van der Waals surface area contributed by atoms with Gasteiger partial charge in [-0.15, -0.1) is 11.3 Å². The van der Waals surface area contributed by atoms with E-state index in [4.69, 9.17) is 9.47 Å². The number of hydrogen-bond acceptors (Lipinski definition) is 4. The van der Waals surface area contributed by atoms with Crippen molar-refractivity contribution in [3.63, 3.8) is 0 Å². The van der Waals surface area contributed by atoms with E-state index < -0.39 is 0 Å². The maximum absolute atomic E-state index is 12.6. The molecule has 3 rings (SSSR count). The average Bonchev–Trinajstić information content (AvgIpc) is 3.11. The van der Waals surface area contributed by atoms with E-state index in [-0.39, 0.29) is 12.7 Å². The monoisotopic (exact) mass is 367 g/mol. The minimum Gasteiger partial charge on any atom is -0.454 e. The summed E-state index contributed by atoms with van der Waals surface area (Å²) in [7, 11) is 0. The highest BCUT2D eigenvalue weighted by Crippen LogP contribution is 2.33. The second kappa shape index (κ2) is 6.07. The van der Waals surface area contributed by atoms with Crippen molar-refractivity contribution in [2.75, 3.05) is 13.3 Å². The average molecular weight is 368 g/mol. The van der Waals surface area contributed by atoms with E-state index in [1.54, 1.807) is 29.5 Å². The quantitative estimate of drug-likeness (QED) is 0.822. The number of carbonyl (C=O) groups excluding carboxylic acids is 1. The fourth-order valence-corrected chi connectivity index (χ4v) is 3.66. The molecule has 0 saturated heterocycles. The van der Waals surface area contributed by atoms with Crippen molar-refractivity contribution < 1.29 is 14.3 Å². The van der Waals surface area contributed by atoms with Gasteiger partial charge in [0.2, 0.25) is 6.79 Å². The number of carbonyl (C=O) groups is 1. The molecular weight excluding hydrogens is 354 g/mol. The van der Waals surface area contributed by atoms with Gasteiger partial charge < -0.3 is 14.4 Å². The number of fused-ring (bicyclic) bond motifs is 1. The van der Waals surface area contributed by atoms with E-state index in [1.165, 1.54) is 0 Å². The van der Waals surface area contributed by atoms with Crippen LogP contribution < -0.4 is 9.47 Å². The van der Waals surface area contributed by atoms with E-state index in [9.17, 15) is 4.79 Å². The first-order valence-electron chi connectivity index (χ1n) is 6.60. The summed E-state index contributed by atoms with van der Waals surface area (Å²) >= 11 is 5.09. The molecule has 0 radical (unpaired) electrons. The summed E-state index contributed by atoms with van der Waals surface area (Å²) in [5.74, 6) is 1.33. The molecule has 0 atom stereocenters. The molecule has 0 saturated carbocycles. The van der Waals surface area contributed by atoms with E-state index >= 15 is 0 Å². The molecule has 110 valence electrons. The molecule has 0 unspecified atom stereocenters. The van der Waals surface area contributed by atoms with Gasteiger partial charge in [0.15, 0.2) is 11.5 Å². The van der Waals surface area contributed by atoms with Crippen LogP contribution in [0.4, 0.5) is 0 Å². The predicted octanol–water partition coefficient (Wildman–Crippen LogP) is 3.90. The zero-order valence-electron chi connectivity index (χ0n) is 11.5. The van der Waals surface area contributed by atoms with Crippen LogP contribution in [-0.2, 0) is 6.54 Å². The van der Waals surface area contributed by atoms with Gasteiger partial charge in [0.05, 0.1) is 10.3 Å². The van der Waals surface area contributed by atoms with Crippen LogP contribution >= 0.6 is 27.3 Å². The molecule has 6 heteroatoms. The summed E-state index contributed by atoms with van der Waals surface area (Å²) < 4.78 is 11.7. The Morgan fingerprint density at radius 1 is 1.29 bits per heavy atom. The molecule has 21 heavy (non-hydrogen) atoms. The van der Waals surface area contributed by atoms with E-state index in [0.29, 0.717) is 30.2 Å². The van der Waals surface area contributed by atoms with Gasteiger partial charge in [0, 0.05) is 17.0 Å². The molecule has 1 aromatic carbocycles. The van der Waals surface area contributed by atoms with Crippen molar-refractivity contribution in [1.82, 2.24) is 4.90 Å². The lowest BCUT2D eigenvalue weighted by atomic mass is 10.1. The summed E-state index contributed by atoms with van der Waals surface area (Å²) in [5, 5.41) is 0. The highest BCUT2D eigenvalue weighted by Gasteiger charge is 2.20. The highest BCUT2D eigenvalue weighted by molar-refractivity contribution is 9.11. The predicted molar refractivity (Wildman–Crippen MR) is 85.0 cm³/mol.